The van der Waals surface area contributed by atoms with E-state index in [0.29, 0.717) is 0 Å². The molecule has 0 bridgehead atoms. The zero-order chi connectivity index (χ0) is 8.53. The first-order valence-corrected chi connectivity index (χ1v) is 5.54. The first-order valence-electron chi connectivity index (χ1n) is 4.63. The standard InChI is InChI=1S/C10H19Br/c1-3-5-6-8-10(9-11)7-4-2/h9H,3-8H2,1-2H3/b10-9-. The fraction of sp³-hybridized carbons (Fsp3) is 0.800. The van der Waals surface area contributed by atoms with Crippen LogP contribution < -0.4 is 0 Å². The lowest BCUT2D eigenvalue weighted by atomic mass is 10.1. The summed E-state index contributed by atoms with van der Waals surface area (Å²) in [5.74, 6) is 0. The van der Waals surface area contributed by atoms with Crippen LogP contribution in [0.15, 0.2) is 10.6 Å². The quantitative estimate of drug-likeness (QED) is 0.570. The van der Waals surface area contributed by atoms with Gasteiger partial charge in [-0.2, -0.15) is 0 Å². The van der Waals surface area contributed by atoms with Gasteiger partial charge in [-0.3, -0.25) is 0 Å². The summed E-state index contributed by atoms with van der Waals surface area (Å²) in [4.78, 5) is 2.10. The number of unbranched alkanes of at least 4 members (excludes halogenated alkanes) is 2. The van der Waals surface area contributed by atoms with Crippen LogP contribution in [-0.4, -0.2) is 0 Å². The highest BCUT2D eigenvalue weighted by molar-refractivity contribution is 9.11. The summed E-state index contributed by atoms with van der Waals surface area (Å²) in [5.41, 5.74) is 1.57. The molecule has 0 N–H and O–H groups in total. The maximum absolute atomic E-state index is 3.41. The Morgan fingerprint density at radius 3 is 2.27 bits per heavy atom. The van der Waals surface area contributed by atoms with E-state index in [2.05, 4.69) is 34.8 Å². The van der Waals surface area contributed by atoms with Gasteiger partial charge in [0.15, 0.2) is 0 Å². The lowest BCUT2D eigenvalue weighted by Gasteiger charge is -2.02. The minimum atomic E-state index is 1.26. The van der Waals surface area contributed by atoms with E-state index in [4.69, 9.17) is 0 Å². The first kappa shape index (κ1) is 11.2. The molecule has 0 atom stereocenters. The van der Waals surface area contributed by atoms with Gasteiger partial charge in [0.25, 0.3) is 0 Å². The van der Waals surface area contributed by atoms with Gasteiger partial charge in [0.1, 0.15) is 0 Å². The Kier molecular flexibility index (Phi) is 8.48. The van der Waals surface area contributed by atoms with Gasteiger partial charge >= 0.3 is 0 Å². The normalized spacial score (nSPS) is 12.1. The maximum Gasteiger partial charge on any atom is -0.0197 e. The molecule has 0 unspecified atom stereocenters. The molecule has 0 saturated heterocycles. The summed E-state index contributed by atoms with van der Waals surface area (Å²) < 4.78 is 0. The van der Waals surface area contributed by atoms with Crippen LogP contribution in [0.5, 0.6) is 0 Å². The van der Waals surface area contributed by atoms with E-state index in [1.54, 1.807) is 5.57 Å². The monoisotopic (exact) mass is 218 g/mol. The number of rotatable bonds is 6. The highest BCUT2D eigenvalue weighted by atomic mass is 79.9. The minimum absolute atomic E-state index is 1.26. The van der Waals surface area contributed by atoms with Crippen molar-refractivity contribution in [3.8, 4) is 0 Å². The van der Waals surface area contributed by atoms with Gasteiger partial charge in [-0.15, -0.1) is 0 Å². The predicted octanol–water partition coefficient (Wildman–Crippen LogP) is 4.65. The van der Waals surface area contributed by atoms with E-state index >= 15 is 0 Å². The third-order valence-electron chi connectivity index (χ3n) is 1.83. The zero-order valence-corrected chi connectivity index (χ0v) is 9.28. The number of hydrogen-bond donors (Lipinski definition) is 0. The van der Waals surface area contributed by atoms with Crippen molar-refractivity contribution in [2.24, 2.45) is 0 Å². The second-order valence-corrected chi connectivity index (χ2v) is 3.43. The van der Waals surface area contributed by atoms with Crippen LogP contribution in [0.2, 0.25) is 0 Å². The van der Waals surface area contributed by atoms with Crippen LogP contribution in [0.3, 0.4) is 0 Å². The van der Waals surface area contributed by atoms with E-state index in [1.165, 1.54) is 38.5 Å². The molecule has 0 aliphatic heterocycles. The van der Waals surface area contributed by atoms with Crippen molar-refractivity contribution in [1.29, 1.82) is 0 Å². The molecular weight excluding hydrogens is 200 g/mol. The minimum Gasteiger partial charge on any atom is -0.0654 e. The van der Waals surface area contributed by atoms with Crippen molar-refractivity contribution in [2.45, 2.75) is 52.4 Å². The zero-order valence-electron chi connectivity index (χ0n) is 7.70. The third kappa shape index (κ3) is 6.61. The molecule has 0 nitrogen and oxygen atoms in total. The Labute approximate surface area is 79.2 Å². The molecular formula is C10H19Br. The molecule has 1 heteroatoms. The smallest absolute Gasteiger partial charge is 0.0197 e. The molecule has 0 spiro atoms. The Balaban J connectivity index is 3.37. The van der Waals surface area contributed by atoms with E-state index in [-0.39, 0.29) is 0 Å². The van der Waals surface area contributed by atoms with Crippen molar-refractivity contribution in [1.82, 2.24) is 0 Å². The molecule has 0 aliphatic rings. The third-order valence-corrected chi connectivity index (χ3v) is 2.47. The van der Waals surface area contributed by atoms with Gasteiger partial charge in [0, 0.05) is 0 Å². The summed E-state index contributed by atoms with van der Waals surface area (Å²) in [7, 11) is 0. The Morgan fingerprint density at radius 1 is 1.09 bits per heavy atom. The summed E-state index contributed by atoms with van der Waals surface area (Å²) in [5, 5.41) is 0. The molecule has 0 aromatic carbocycles. The van der Waals surface area contributed by atoms with E-state index < -0.39 is 0 Å². The largest absolute Gasteiger partial charge is 0.0654 e. The topological polar surface area (TPSA) is 0 Å². The molecule has 66 valence electrons. The van der Waals surface area contributed by atoms with Gasteiger partial charge in [-0.25, -0.2) is 0 Å². The van der Waals surface area contributed by atoms with Gasteiger partial charge in [0.2, 0.25) is 0 Å². The van der Waals surface area contributed by atoms with Gasteiger partial charge in [-0.1, -0.05) is 54.6 Å². The molecule has 0 aliphatic carbocycles. The molecule has 0 aromatic rings. The summed E-state index contributed by atoms with van der Waals surface area (Å²) >= 11 is 3.41. The van der Waals surface area contributed by atoms with Crippen molar-refractivity contribution in [3.05, 3.63) is 10.6 Å². The van der Waals surface area contributed by atoms with Crippen LogP contribution in [-0.2, 0) is 0 Å². The van der Waals surface area contributed by atoms with E-state index in [1.807, 2.05) is 0 Å². The lowest BCUT2D eigenvalue weighted by molar-refractivity contribution is 0.692. The second kappa shape index (κ2) is 8.32. The Morgan fingerprint density at radius 2 is 1.82 bits per heavy atom. The Hall–Kier alpha value is 0.220. The number of allylic oxidation sites excluding steroid dienone is 1. The first-order chi connectivity index (χ1) is 5.35. The highest BCUT2D eigenvalue weighted by Crippen LogP contribution is 2.15. The average molecular weight is 219 g/mol. The fourth-order valence-electron chi connectivity index (χ4n) is 1.16. The van der Waals surface area contributed by atoms with Crippen molar-refractivity contribution >= 4 is 15.9 Å². The molecule has 11 heavy (non-hydrogen) atoms. The molecule has 0 heterocycles. The molecule has 0 fully saturated rings. The lowest BCUT2D eigenvalue weighted by Crippen LogP contribution is -1.82. The number of hydrogen-bond acceptors (Lipinski definition) is 0. The average Bonchev–Trinajstić information content (AvgIpc) is 2.03. The Bertz CT molecular complexity index is 105. The molecule has 0 rings (SSSR count). The van der Waals surface area contributed by atoms with Crippen molar-refractivity contribution < 1.29 is 0 Å². The van der Waals surface area contributed by atoms with Gasteiger partial charge < -0.3 is 0 Å². The van der Waals surface area contributed by atoms with E-state index in [0.717, 1.165) is 0 Å². The SMILES string of the molecule is CCCCC/C(=C\Br)CCC. The summed E-state index contributed by atoms with van der Waals surface area (Å²) in [6.07, 6.45) is 7.86. The molecule has 0 saturated carbocycles. The summed E-state index contributed by atoms with van der Waals surface area (Å²) in [6, 6.07) is 0. The highest BCUT2D eigenvalue weighted by Gasteiger charge is 1.94. The van der Waals surface area contributed by atoms with Gasteiger partial charge in [0.05, 0.1) is 0 Å². The van der Waals surface area contributed by atoms with Crippen LogP contribution in [0.1, 0.15) is 52.4 Å². The number of halogens is 1. The van der Waals surface area contributed by atoms with Gasteiger partial charge in [-0.05, 0) is 24.2 Å². The molecule has 0 radical (unpaired) electrons. The summed E-state index contributed by atoms with van der Waals surface area (Å²) in [6.45, 7) is 4.48. The van der Waals surface area contributed by atoms with Crippen molar-refractivity contribution in [3.63, 3.8) is 0 Å². The predicted molar refractivity (Wildman–Crippen MR) is 56.1 cm³/mol. The maximum atomic E-state index is 3.41. The van der Waals surface area contributed by atoms with Crippen molar-refractivity contribution in [2.75, 3.05) is 0 Å². The van der Waals surface area contributed by atoms with Crippen LogP contribution in [0.4, 0.5) is 0 Å². The van der Waals surface area contributed by atoms with E-state index in [9.17, 15) is 0 Å². The molecule has 0 amide bonds. The van der Waals surface area contributed by atoms with Crippen LogP contribution in [0.25, 0.3) is 0 Å². The van der Waals surface area contributed by atoms with Crippen LogP contribution >= 0.6 is 15.9 Å². The second-order valence-electron chi connectivity index (χ2n) is 2.97. The fourth-order valence-corrected chi connectivity index (χ4v) is 1.62. The molecule has 0 aromatic heterocycles. The van der Waals surface area contributed by atoms with Crippen LogP contribution in [0, 0.1) is 0 Å².